The molecule has 10 heteroatoms. The fourth-order valence-electron chi connectivity index (χ4n) is 3.32. The van der Waals surface area contributed by atoms with Crippen LogP contribution in [-0.2, 0) is 19.2 Å². The van der Waals surface area contributed by atoms with Crippen molar-refractivity contribution in [3.05, 3.63) is 0 Å². The molecule has 30 heavy (non-hydrogen) atoms. The SMILES string of the molecule is CC(C)CC(NC(=O)C(CO)NC(=O)C(CC(C)C)NC(=O)C1CCCN1)C(=O)O. The number of hydrogen-bond donors (Lipinski definition) is 6. The Morgan fingerprint density at radius 3 is 1.90 bits per heavy atom. The summed E-state index contributed by atoms with van der Waals surface area (Å²) in [4.78, 5) is 49.0. The summed E-state index contributed by atoms with van der Waals surface area (Å²) in [5.41, 5.74) is 0. The quantitative estimate of drug-likeness (QED) is 0.241. The van der Waals surface area contributed by atoms with Crippen LogP contribution in [0.5, 0.6) is 0 Å². The van der Waals surface area contributed by atoms with E-state index in [0.717, 1.165) is 13.0 Å². The van der Waals surface area contributed by atoms with E-state index in [1.165, 1.54) is 0 Å². The van der Waals surface area contributed by atoms with Crippen LogP contribution in [0.1, 0.15) is 53.4 Å². The molecule has 0 aromatic heterocycles. The van der Waals surface area contributed by atoms with Crippen molar-refractivity contribution in [2.24, 2.45) is 11.8 Å². The zero-order valence-electron chi connectivity index (χ0n) is 18.2. The van der Waals surface area contributed by atoms with Crippen LogP contribution in [-0.4, -0.2) is 71.2 Å². The second kappa shape index (κ2) is 12.5. The average Bonchev–Trinajstić information content (AvgIpc) is 3.18. The highest BCUT2D eigenvalue weighted by atomic mass is 16.4. The molecule has 10 nitrogen and oxygen atoms in total. The number of aliphatic carboxylic acids is 1. The fraction of sp³-hybridized carbons (Fsp3) is 0.800. The molecule has 0 saturated carbocycles. The number of aliphatic hydroxyl groups is 1. The minimum atomic E-state index is -1.32. The van der Waals surface area contributed by atoms with Crippen LogP contribution >= 0.6 is 0 Å². The van der Waals surface area contributed by atoms with Crippen molar-refractivity contribution in [1.29, 1.82) is 0 Å². The maximum Gasteiger partial charge on any atom is 0.326 e. The van der Waals surface area contributed by atoms with Crippen LogP contribution in [0, 0.1) is 11.8 Å². The lowest BCUT2D eigenvalue weighted by atomic mass is 10.0. The molecule has 0 aromatic carbocycles. The Kier molecular flexibility index (Phi) is 10.8. The number of rotatable bonds is 12. The van der Waals surface area contributed by atoms with Gasteiger partial charge in [-0.2, -0.15) is 0 Å². The van der Waals surface area contributed by atoms with Crippen molar-refractivity contribution in [2.75, 3.05) is 13.2 Å². The van der Waals surface area contributed by atoms with E-state index in [2.05, 4.69) is 21.3 Å². The first-order valence-electron chi connectivity index (χ1n) is 10.5. The van der Waals surface area contributed by atoms with Gasteiger partial charge in [0.2, 0.25) is 17.7 Å². The number of hydrogen-bond acceptors (Lipinski definition) is 6. The first-order chi connectivity index (χ1) is 14.0. The van der Waals surface area contributed by atoms with E-state index in [-0.39, 0.29) is 30.2 Å². The minimum absolute atomic E-state index is 0.0309. The average molecular weight is 429 g/mol. The molecule has 1 heterocycles. The van der Waals surface area contributed by atoms with Gasteiger partial charge in [0.1, 0.15) is 18.1 Å². The van der Waals surface area contributed by atoms with Gasteiger partial charge in [0.15, 0.2) is 0 Å². The van der Waals surface area contributed by atoms with Crippen LogP contribution < -0.4 is 21.3 Å². The van der Waals surface area contributed by atoms with E-state index in [4.69, 9.17) is 0 Å². The first kappa shape index (κ1) is 25.8. The lowest BCUT2D eigenvalue weighted by Gasteiger charge is -2.25. The van der Waals surface area contributed by atoms with E-state index in [9.17, 15) is 29.4 Å². The van der Waals surface area contributed by atoms with Crippen LogP contribution in [0.4, 0.5) is 0 Å². The van der Waals surface area contributed by atoms with Gasteiger partial charge in [-0.3, -0.25) is 14.4 Å². The Labute approximate surface area is 177 Å². The Bertz CT molecular complexity index is 604. The van der Waals surface area contributed by atoms with Crippen molar-refractivity contribution in [2.45, 2.75) is 77.5 Å². The maximum absolute atomic E-state index is 12.7. The van der Waals surface area contributed by atoms with Crippen molar-refractivity contribution >= 4 is 23.7 Å². The molecule has 1 saturated heterocycles. The molecule has 0 spiro atoms. The van der Waals surface area contributed by atoms with Crippen LogP contribution in [0.2, 0.25) is 0 Å². The number of carbonyl (C=O) groups is 4. The van der Waals surface area contributed by atoms with Crippen LogP contribution in [0.25, 0.3) is 0 Å². The monoisotopic (exact) mass is 428 g/mol. The van der Waals surface area contributed by atoms with Crippen molar-refractivity contribution in [1.82, 2.24) is 21.3 Å². The van der Waals surface area contributed by atoms with Gasteiger partial charge in [0.25, 0.3) is 0 Å². The summed E-state index contributed by atoms with van der Waals surface area (Å²) in [5.74, 6) is -2.72. The highest BCUT2D eigenvalue weighted by Crippen LogP contribution is 2.10. The first-order valence-corrected chi connectivity index (χ1v) is 10.5. The van der Waals surface area contributed by atoms with Crippen molar-refractivity contribution in [3.8, 4) is 0 Å². The molecular formula is C20H36N4O6. The summed E-state index contributed by atoms with van der Waals surface area (Å²) in [5, 5.41) is 29.4. The molecule has 1 fully saturated rings. The number of amides is 3. The van der Waals surface area contributed by atoms with Gasteiger partial charge in [-0.05, 0) is 44.1 Å². The number of carbonyl (C=O) groups excluding carboxylic acids is 3. The molecule has 3 amide bonds. The molecule has 0 bridgehead atoms. The normalized spacial score (nSPS) is 19.2. The van der Waals surface area contributed by atoms with E-state index in [0.29, 0.717) is 12.8 Å². The molecule has 6 N–H and O–H groups in total. The van der Waals surface area contributed by atoms with Gasteiger partial charge >= 0.3 is 5.97 Å². The predicted molar refractivity (Wildman–Crippen MR) is 110 cm³/mol. The van der Waals surface area contributed by atoms with E-state index in [1.54, 1.807) is 0 Å². The molecule has 4 atom stereocenters. The maximum atomic E-state index is 12.7. The Morgan fingerprint density at radius 1 is 0.900 bits per heavy atom. The molecular weight excluding hydrogens is 392 g/mol. The van der Waals surface area contributed by atoms with E-state index >= 15 is 0 Å². The number of aliphatic hydroxyl groups excluding tert-OH is 1. The third-order valence-electron chi connectivity index (χ3n) is 4.85. The summed E-state index contributed by atoms with van der Waals surface area (Å²) >= 11 is 0. The Hall–Kier alpha value is -2.20. The van der Waals surface area contributed by atoms with Gasteiger partial charge < -0.3 is 31.5 Å². The van der Waals surface area contributed by atoms with E-state index < -0.39 is 42.5 Å². The highest BCUT2D eigenvalue weighted by molar-refractivity contribution is 5.94. The van der Waals surface area contributed by atoms with Crippen LogP contribution in [0.3, 0.4) is 0 Å². The molecule has 0 aliphatic carbocycles. The summed E-state index contributed by atoms with van der Waals surface area (Å²) in [6.45, 7) is 7.50. The second-order valence-electron chi connectivity index (χ2n) is 8.61. The molecule has 172 valence electrons. The summed E-state index contributed by atoms with van der Waals surface area (Å²) in [6.07, 6.45) is 2.14. The second-order valence-corrected chi connectivity index (χ2v) is 8.61. The minimum Gasteiger partial charge on any atom is -0.480 e. The van der Waals surface area contributed by atoms with Crippen molar-refractivity contribution < 1.29 is 29.4 Å². The van der Waals surface area contributed by atoms with E-state index in [1.807, 2.05) is 27.7 Å². The Balaban J connectivity index is 2.78. The lowest BCUT2D eigenvalue weighted by molar-refractivity contribution is -0.143. The summed E-state index contributed by atoms with van der Waals surface area (Å²) < 4.78 is 0. The molecule has 0 aromatic rings. The fourth-order valence-corrected chi connectivity index (χ4v) is 3.32. The third-order valence-corrected chi connectivity index (χ3v) is 4.85. The summed E-state index contributed by atoms with van der Waals surface area (Å²) in [7, 11) is 0. The lowest BCUT2D eigenvalue weighted by Crippen LogP contribution is -2.58. The topological polar surface area (TPSA) is 157 Å². The predicted octanol–water partition coefficient (Wildman–Crippen LogP) is -0.638. The van der Waals surface area contributed by atoms with Gasteiger partial charge in [-0.25, -0.2) is 4.79 Å². The van der Waals surface area contributed by atoms with Crippen molar-refractivity contribution in [3.63, 3.8) is 0 Å². The zero-order valence-corrected chi connectivity index (χ0v) is 18.2. The number of nitrogens with one attached hydrogen (secondary N) is 4. The van der Waals surface area contributed by atoms with Crippen LogP contribution in [0.15, 0.2) is 0 Å². The molecule has 1 aliphatic rings. The van der Waals surface area contributed by atoms with Gasteiger partial charge in [-0.1, -0.05) is 27.7 Å². The Morgan fingerprint density at radius 2 is 1.43 bits per heavy atom. The van der Waals surface area contributed by atoms with Gasteiger partial charge in [0, 0.05) is 0 Å². The van der Waals surface area contributed by atoms with Gasteiger partial charge in [0.05, 0.1) is 12.6 Å². The smallest absolute Gasteiger partial charge is 0.326 e. The summed E-state index contributed by atoms with van der Waals surface area (Å²) in [6, 6.07) is -3.66. The zero-order chi connectivity index (χ0) is 22.8. The number of carboxylic acids is 1. The molecule has 0 radical (unpaired) electrons. The third kappa shape index (κ3) is 8.66. The molecule has 4 unspecified atom stereocenters. The standard InChI is InChI=1S/C20H36N4O6/c1-11(2)8-14(22-17(26)13-6-5-7-21-13)18(27)24-16(10-25)19(28)23-15(20(29)30)9-12(3)4/h11-16,21,25H,5-10H2,1-4H3,(H,22,26)(H,23,28)(H,24,27)(H,29,30). The largest absolute Gasteiger partial charge is 0.480 e. The van der Waals surface area contributed by atoms with Gasteiger partial charge in [-0.15, -0.1) is 0 Å². The number of carboxylic acid groups (broad SMARTS) is 1. The highest BCUT2D eigenvalue weighted by Gasteiger charge is 2.31. The molecule has 1 aliphatic heterocycles. The molecule has 1 rings (SSSR count).